The number of nitrogens with zero attached hydrogens (tertiary/aromatic N) is 2. The number of methoxy groups -OCH3 is 2. The number of aliphatic hydroxyl groups excluding tert-OH is 2. The number of piperazine rings is 1. The van der Waals surface area contributed by atoms with Crippen LogP contribution in [0.1, 0.15) is 18.6 Å². The number of hydrogen-bond acceptors (Lipinski definition) is 6. The molecule has 0 aromatic heterocycles. The Balaban J connectivity index is 1.93. The molecule has 1 heterocycles. The van der Waals surface area contributed by atoms with Gasteiger partial charge in [-0.15, -0.1) is 0 Å². The van der Waals surface area contributed by atoms with Gasteiger partial charge < -0.3 is 19.7 Å². The van der Waals surface area contributed by atoms with Crippen molar-refractivity contribution in [1.29, 1.82) is 0 Å². The van der Waals surface area contributed by atoms with Crippen molar-refractivity contribution in [2.45, 2.75) is 19.1 Å². The molecule has 23 heavy (non-hydrogen) atoms. The van der Waals surface area contributed by atoms with E-state index in [-0.39, 0.29) is 6.10 Å². The molecule has 0 aliphatic carbocycles. The Morgan fingerprint density at radius 2 is 1.61 bits per heavy atom. The minimum absolute atomic E-state index is 0.298. The van der Waals surface area contributed by atoms with Gasteiger partial charge in [-0.1, -0.05) is 0 Å². The van der Waals surface area contributed by atoms with Gasteiger partial charge in [-0.2, -0.15) is 0 Å². The normalized spacial score (nSPS) is 19.3. The maximum absolute atomic E-state index is 10.6. The number of aliphatic hydroxyl groups is 2. The van der Waals surface area contributed by atoms with Crippen LogP contribution in [0.2, 0.25) is 0 Å². The smallest absolute Gasteiger partial charge is 0.124 e. The van der Waals surface area contributed by atoms with Crippen LogP contribution < -0.4 is 9.47 Å². The molecule has 1 aliphatic heterocycles. The van der Waals surface area contributed by atoms with Crippen molar-refractivity contribution in [2.75, 3.05) is 53.5 Å². The second kappa shape index (κ2) is 8.49. The molecule has 130 valence electrons. The molecule has 2 atom stereocenters. The molecule has 0 saturated carbocycles. The molecule has 2 rings (SSSR count). The Hall–Kier alpha value is -1.34. The van der Waals surface area contributed by atoms with Gasteiger partial charge in [0.1, 0.15) is 11.5 Å². The summed E-state index contributed by atoms with van der Waals surface area (Å²) in [5.41, 5.74) is 0.748. The molecule has 1 fully saturated rings. The van der Waals surface area contributed by atoms with E-state index in [1.54, 1.807) is 14.2 Å². The molecule has 0 amide bonds. The molecule has 1 saturated heterocycles. The van der Waals surface area contributed by atoms with Crippen LogP contribution in [0.15, 0.2) is 18.2 Å². The molecule has 0 bridgehead atoms. The van der Waals surface area contributed by atoms with Gasteiger partial charge in [-0.25, -0.2) is 0 Å². The third-order valence-corrected chi connectivity index (χ3v) is 4.21. The minimum atomic E-state index is -0.622. The maximum atomic E-state index is 10.6. The van der Waals surface area contributed by atoms with Crippen molar-refractivity contribution in [3.8, 4) is 11.5 Å². The second-order valence-electron chi connectivity index (χ2n) is 6.07. The van der Waals surface area contributed by atoms with E-state index in [4.69, 9.17) is 9.47 Å². The minimum Gasteiger partial charge on any atom is -0.497 e. The quantitative estimate of drug-likeness (QED) is 0.771. The van der Waals surface area contributed by atoms with Gasteiger partial charge in [0.2, 0.25) is 0 Å². The Bertz CT molecular complexity index is 487. The third-order valence-electron chi connectivity index (χ3n) is 4.21. The van der Waals surface area contributed by atoms with Crippen molar-refractivity contribution in [2.24, 2.45) is 0 Å². The number of benzene rings is 1. The first-order valence-corrected chi connectivity index (χ1v) is 8.06. The maximum Gasteiger partial charge on any atom is 0.124 e. The Morgan fingerprint density at radius 3 is 2.13 bits per heavy atom. The lowest BCUT2D eigenvalue weighted by Gasteiger charge is -2.36. The second-order valence-corrected chi connectivity index (χ2v) is 6.07. The Kier molecular flexibility index (Phi) is 6.65. The van der Waals surface area contributed by atoms with E-state index < -0.39 is 6.10 Å². The zero-order chi connectivity index (χ0) is 16.8. The summed E-state index contributed by atoms with van der Waals surface area (Å²) in [7, 11) is 3.21. The molecule has 6 nitrogen and oxygen atoms in total. The Morgan fingerprint density at radius 1 is 1.00 bits per heavy atom. The fourth-order valence-corrected chi connectivity index (χ4v) is 2.97. The largest absolute Gasteiger partial charge is 0.497 e. The zero-order valence-corrected chi connectivity index (χ0v) is 14.2. The lowest BCUT2D eigenvalue weighted by Crippen LogP contribution is -2.49. The van der Waals surface area contributed by atoms with Crippen molar-refractivity contribution >= 4 is 0 Å². The lowest BCUT2D eigenvalue weighted by molar-refractivity contribution is 0.0519. The van der Waals surface area contributed by atoms with Gasteiger partial charge in [-0.05, 0) is 25.1 Å². The molecule has 6 heteroatoms. The average molecular weight is 324 g/mol. The van der Waals surface area contributed by atoms with E-state index in [2.05, 4.69) is 9.80 Å². The fraction of sp³-hybridized carbons (Fsp3) is 0.647. The van der Waals surface area contributed by atoms with E-state index in [0.717, 1.165) is 31.7 Å². The van der Waals surface area contributed by atoms with Gasteiger partial charge in [0.25, 0.3) is 0 Å². The van der Waals surface area contributed by atoms with Crippen LogP contribution in [-0.2, 0) is 0 Å². The highest BCUT2D eigenvalue weighted by atomic mass is 16.5. The SMILES string of the molecule is COc1ccc(OC)c(C(O)CN2CCN(CC(C)O)CC2)c1. The van der Waals surface area contributed by atoms with Gasteiger partial charge in [-0.3, -0.25) is 9.80 Å². The predicted octanol–water partition coefficient (Wildman–Crippen LogP) is 0.736. The van der Waals surface area contributed by atoms with E-state index >= 15 is 0 Å². The van der Waals surface area contributed by atoms with Crippen LogP contribution >= 0.6 is 0 Å². The van der Waals surface area contributed by atoms with E-state index in [1.807, 2.05) is 25.1 Å². The van der Waals surface area contributed by atoms with E-state index in [9.17, 15) is 10.2 Å². The number of β-amino-alcohol motifs (C(OH)–C–C–N with tert-alkyl or cyclic N) is 2. The number of ether oxygens (including phenoxy) is 2. The van der Waals surface area contributed by atoms with Crippen molar-refractivity contribution in [3.05, 3.63) is 23.8 Å². The molecule has 2 unspecified atom stereocenters. The van der Waals surface area contributed by atoms with Crippen LogP contribution in [-0.4, -0.2) is 79.6 Å². The topological polar surface area (TPSA) is 65.4 Å². The Labute approximate surface area is 138 Å². The molecular formula is C17H28N2O4. The van der Waals surface area contributed by atoms with E-state index in [0.29, 0.717) is 24.6 Å². The van der Waals surface area contributed by atoms with E-state index in [1.165, 1.54) is 0 Å². The highest BCUT2D eigenvalue weighted by Gasteiger charge is 2.22. The number of rotatable bonds is 7. The summed E-state index contributed by atoms with van der Waals surface area (Å²) in [5.74, 6) is 1.38. The van der Waals surface area contributed by atoms with Gasteiger partial charge in [0.05, 0.1) is 26.4 Å². The highest BCUT2D eigenvalue weighted by Crippen LogP contribution is 2.30. The van der Waals surface area contributed by atoms with Crippen LogP contribution in [0.4, 0.5) is 0 Å². The molecule has 1 aliphatic rings. The first-order valence-electron chi connectivity index (χ1n) is 8.06. The zero-order valence-electron chi connectivity index (χ0n) is 14.2. The van der Waals surface area contributed by atoms with Crippen LogP contribution in [0.3, 0.4) is 0 Å². The van der Waals surface area contributed by atoms with Crippen LogP contribution in [0.25, 0.3) is 0 Å². The summed E-state index contributed by atoms with van der Waals surface area (Å²) >= 11 is 0. The summed E-state index contributed by atoms with van der Waals surface area (Å²) < 4.78 is 10.6. The summed E-state index contributed by atoms with van der Waals surface area (Å²) in [6.45, 7) is 6.67. The number of hydrogen-bond donors (Lipinski definition) is 2. The molecular weight excluding hydrogens is 296 g/mol. The molecule has 0 radical (unpaired) electrons. The van der Waals surface area contributed by atoms with Gasteiger partial charge >= 0.3 is 0 Å². The van der Waals surface area contributed by atoms with Crippen molar-refractivity contribution in [1.82, 2.24) is 9.80 Å². The van der Waals surface area contributed by atoms with Crippen molar-refractivity contribution in [3.63, 3.8) is 0 Å². The van der Waals surface area contributed by atoms with Crippen molar-refractivity contribution < 1.29 is 19.7 Å². The lowest BCUT2D eigenvalue weighted by atomic mass is 10.1. The monoisotopic (exact) mass is 324 g/mol. The summed E-state index contributed by atoms with van der Waals surface area (Å²) in [5, 5.41) is 20.0. The highest BCUT2D eigenvalue weighted by molar-refractivity contribution is 5.41. The molecule has 2 N–H and O–H groups in total. The fourth-order valence-electron chi connectivity index (χ4n) is 2.97. The standard InChI is InChI=1S/C17H28N2O4/c1-13(20)11-18-6-8-19(9-7-18)12-16(21)15-10-14(22-2)4-5-17(15)23-3/h4-5,10,13,16,20-21H,6-9,11-12H2,1-3H3. The molecule has 0 spiro atoms. The van der Waals surface area contributed by atoms with Gasteiger partial charge in [0.15, 0.2) is 0 Å². The average Bonchev–Trinajstić information content (AvgIpc) is 2.55. The van der Waals surface area contributed by atoms with Gasteiger partial charge in [0, 0.05) is 44.8 Å². The van der Waals surface area contributed by atoms with Crippen LogP contribution in [0.5, 0.6) is 11.5 Å². The van der Waals surface area contributed by atoms with Crippen LogP contribution in [0, 0.1) is 0 Å². The predicted molar refractivity (Wildman–Crippen MR) is 89.1 cm³/mol. The third kappa shape index (κ3) is 5.07. The summed E-state index contributed by atoms with van der Waals surface area (Å²) in [4.78, 5) is 4.49. The molecule has 1 aromatic rings. The molecule has 1 aromatic carbocycles. The first kappa shape index (κ1) is 18.0. The summed E-state index contributed by atoms with van der Waals surface area (Å²) in [6.07, 6.45) is -0.920. The first-order chi connectivity index (χ1) is 11.0. The summed E-state index contributed by atoms with van der Waals surface area (Å²) in [6, 6.07) is 5.47.